The topological polar surface area (TPSA) is 114 Å². The SMILES string of the molecule is COc1ccc(Oc2ccc(Cc3cc([C@@H]4O[C@H](CO)C[C@H](O)[C@H]4O)ccc3C)cc2)nn1. The van der Waals surface area contributed by atoms with E-state index in [9.17, 15) is 15.3 Å². The van der Waals surface area contributed by atoms with E-state index in [0.717, 1.165) is 22.3 Å². The number of benzene rings is 2. The maximum atomic E-state index is 10.4. The van der Waals surface area contributed by atoms with E-state index >= 15 is 0 Å². The van der Waals surface area contributed by atoms with Crippen LogP contribution in [0.15, 0.2) is 54.6 Å². The second kappa shape index (κ2) is 10.3. The molecule has 1 aromatic heterocycles. The van der Waals surface area contributed by atoms with Crippen molar-refractivity contribution in [3.63, 3.8) is 0 Å². The summed E-state index contributed by atoms with van der Waals surface area (Å²) in [6.07, 6.45) is -2.28. The minimum Gasteiger partial charge on any atom is -0.480 e. The van der Waals surface area contributed by atoms with Gasteiger partial charge in [0.2, 0.25) is 11.8 Å². The van der Waals surface area contributed by atoms with Gasteiger partial charge in [0.1, 0.15) is 18.0 Å². The molecule has 0 aliphatic carbocycles. The molecular formula is C25H28N2O6. The fourth-order valence-electron chi connectivity index (χ4n) is 3.89. The van der Waals surface area contributed by atoms with Gasteiger partial charge in [0.15, 0.2) is 0 Å². The second-order valence-corrected chi connectivity index (χ2v) is 8.18. The predicted molar refractivity (Wildman–Crippen MR) is 120 cm³/mol. The van der Waals surface area contributed by atoms with Gasteiger partial charge in [-0.3, -0.25) is 0 Å². The van der Waals surface area contributed by atoms with E-state index in [1.165, 1.54) is 7.11 Å². The van der Waals surface area contributed by atoms with Crippen molar-refractivity contribution in [2.75, 3.05) is 13.7 Å². The Kier molecular flexibility index (Phi) is 7.20. The predicted octanol–water partition coefficient (Wildman–Crippen LogP) is 2.72. The van der Waals surface area contributed by atoms with Crippen LogP contribution in [0.25, 0.3) is 0 Å². The van der Waals surface area contributed by atoms with E-state index < -0.39 is 24.4 Å². The molecule has 2 aromatic carbocycles. The minimum atomic E-state index is -1.04. The van der Waals surface area contributed by atoms with E-state index in [2.05, 4.69) is 10.2 Å². The van der Waals surface area contributed by atoms with Gasteiger partial charge in [-0.05, 0) is 47.7 Å². The maximum Gasteiger partial charge on any atom is 0.239 e. The first-order valence-electron chi connectivity index (χ1n) is 10.8. The monoisotopic (exact) mass is 452 g/mol. The van der Waals surface area contributed by atoms with Crippen LogP contribution in [-0.4, -0.2) is 57.5 Å². The summed E-state index contributed by atoms with van der Waals surface area (Å²) in [5.74, 6) is 1.44. The van der Waals surface area contributed by atoms with Crippen LogP contribution in [-0.2, 0) is 11.2 Å². The van der Waals surface area contributed by atoms with Crippen molar-refractivity contribution in [1.29, 1.82) is 0 Å². The molecular weight excluding hydrogens is 424 g/mol. The Morgan fingerprint density at radius 1 is 1.00 bits per heavy atom. The van der Waals surface area contributed by atoms with Gasteiger partial charge >= 0.3 is 0 Å². The number of rotatable bonds is 7. The molecule has 2 heterocycles. The Labute approximate surface area is 192 Å². The highest BCUT2D eigenvalue weighted by atomic mass is 16.5. The number of aromatic nitrogens is 2. The zero-order chi connectivity index (χ0) is 23.4. The molecule has 1 aliphatic rings. The molecule has 4 atom stereocenters. The smallest absolute Gasteiger partial charge is 0.239 e. The van der Waals surface area contributed by atoms with Crippen molar-refractivity contribution in [2.24, 2.45) is 0 Å². The molecule has 0 saturated carbocycles. The van der Waals surface area contributed by atoms with Crippen molar-refractivity contribution in [3.8, 4) is 17.5 Å². The molecule has 3 aromatic rings. The first-order valence-corrected chi connectivity index (χ1v) is 10.8. The van der Waals surface area contributed by atoms with Gasteiger partial charge in [0, 0.05) is 18.6 Å². The number of hydrogen-bond donors (Lipinski definition) is 3. The van der Waals surface area contributed by atoms with E-state index in [4.69, 9.17) is 14.2 Å². The number of aliphatic hydroxyl groups is 3. The Hall–Kier alpha value is -3.04. The van der Waals surface area contributed by atoms with Gasteiger partial charge in [0.25, 0.3) is 0 Å². The number of methoxy groups -OCH3 is 1. The number of aryl methyl sites for hydroxylation is 1. The molecule has 0 radical (unpaired) electrons. The summed E-state index contributed by atoms with van der Waals surface area (Å²) in [7, 11) is 1.53. The average Bonchev–Trinajstić information content (AvgIpc) is 2.84. The van der Waals surface area contributed by atoms with Crippen LogP contribution in [0.5, 0.6) is 17.5 Å². The highest BCUT2D eigenvalue weighted by Crippen LogP contribution is 2.33. The van der Waals surface area contributed by atoms with Crippen LogP contribution in [0.1, 0.15) is 34.8 Å². The summed E-state index contributed by atoms with van der Waals surface area (Å²) in [5, 5.41) is 37.9. The van der Waals surface area contributed by atoms with E-state index in [-0.39, 0.29) is 13.0 Å². The Morgan fingerprint density at radius 3 is 2.39 bits per heavy atom. The Morgan fingerprint density at radius 2 is 1.73 bits per heavy atom. The molecule has 0 unspecified atom stereocenters. The summed E-state index contributed by atoms with van der Waals surface area (Å²) in [4.78, 5) is 0. The van der Waals surface area contributed by atoms with Gasteiger partial charge in [0.05, 0.1) is 25.9 Å². The Bertz CT molecular complexity index is 1060. The molecule has 0 bridgehead atoms. The quantitative estimate of drug-likeness (QED) is 0.501. The summed E-state index contributed by atoms with van der Waals surface area (Å²) >= 11 is 0. The highest BCUT2D eigenvalue weighted by molar-refractivity contribution is 5.38. The molecule has 0 spiro atoms. The lowest BCUT2D eigenvalue weighted by Crippen LogP contribution is -2.44. The summed E-state index contributed by atoms with van der Waals surface area (Å²) in [5.41, 5.74) is 4.05. The molecule has 0 amide bonds. The zero-order valence-electron chi connectivity index (χ0n) is 18.6. The fourth-order valence-corrected chi connectivity index (χ4v) is 3.89. The van der Waals surface area contributed by atoms with Crippen molar-refractivity contribution in [1.82, 2.24) is 10.2 Å². The molecule has 174 valence electrons. The highest BCUT2D eigenvalue weighted by Gasteiger charge is 2.37. The van der Waals surface area contributed by atoms with E-state index in [1.54, 1.807) is 12.1 Å². The third kappa shape index (κ3) is 5.48. The van der Waals surface area contributed by atoms with Crippen LogP contribution in [0.3, 0.4) is 0 Å². The van der Waals surface area contributed by atoms with Gasteiger partial charge in [-0.25, -0.2) is 0 Å². The number of nitrogens with zero attached hydrogens (tertiary/aromatic N) is 2. The summed E-state index contributed by atoms with van der Waals surface area (Å²) < 4.78 is 16.6. The van der Waals surface area contributed by atoms with Gasteiger partial charge < -0.3 is 29.5 Å². The molecule has 8 nitrogen and oxygen atoms in total. The first-order chi connectivity index (χ1) is 16.0. The lowest BCUT2D eigenvalue weighted by Gasteiger charge is -2.37. The molecule has 33 heavy (non-hydrogen) atoms. The first kappa shape index (κ1) is 23.1. The van der Waals surface area contributed by atoms with Crippen molar-refractivity contribution >= 4 is 0 Å². The van der Waals surface area contributed by atoms with Gasteiger partial charge in [-0.1, -0.05) is 30.3 Å². The molecule has 1 aliphatic heterocycles. The normalized spacial score (nSPS) is 22.7. The van der Waals surface area contributed by atoms with Gasteiger partial charge in [-0.15, -0.1) is 10.2 Å². The largest absolute Gasteiger partial charge is 0.480 e. The fraction of sp³-hybridized carbons (Fsp3) is 0.360. The third-order valence-corrected chi connectivity index (χ3v) is 5.82. The molecule has 3 N–H and O–H groups in total. The zero-order valence-corrected chi connectivity index (χ0v) is 18.6. The van der Waals surface area contributed by atoms with Crippen molar-refractivity contribution in [3.05, 3.63) is 76.9 Å². The van der Waals surface area contributed by atoms with E-state index in [1.807, 2.05) is 49.4 Å². The summed E-state index contributed by atoms with van der Waals surface area (Å²) in [6, 6.07) is 16.9. The number of aliphatic hydroxyl groups excluding tert-OH is 3. The van der Waals surface area contributed by atoms with Crippen LogP contribution < -0.4 is 9.47 Å². The average molecular weight is 453 g/mol. The minimum absolute atomic E-state index is 0.199. The van der Waals surface area contributed by atoms with Crippen LogP contribution in [0, 0.1) is 6.92 Å². The van der Waals surface area contributed by atoms with Crippen LogP contribution >= 0.6 is 0 Å². The molecule has 4 rings (SSSR count). The van der Waals surface area contributed by atoms with Crippen LogP contribution in [0.2, 0.25) is 0 Å². The van der Waals surface area contributed by atoms with Crippen molar-refractivity contribution < 1.29 is 29.5 Å². The van der Waals surface area contributed by atoms with Crippen LogP contribution in [0.4, 0.5) is 0 Å². The summed E-state index contributed by atoms with van der Waals surface area (Å²) in [6.45, 7) is 1.83. The molecule has 1 fully saturated rings. The number of hydrogen-bond acceptors (Lipinski definition) is 8. The third-order valence-electron chi connectivity index (χ3n) is 5.82. The van der Waals surface area contributed by atoms with Gasteiger partial charge in [-0.2, -0.15) is 0 Å². The number of ether oxygens (including phenoxy) is 3. The molecule has 1 saturated heterocycles. The lowest BCUT2D eigenvalue weighted by molar-refractivity contribution is -0.179. The lowest BCUT2D eigenvalue weighted by atomic mass is 9.90. The second-order valence-electron chi connectivity index (χ2n) is 8.18. The van der Waals surface area contributed by atoms with E-state index in [0.29, 0.717) is 23.9 Å². The maximum absolute atomic E-state index is 10.4. The van der Waals surface area contributed by atoms with Crippen molar-refractivity contribution in [2.45, 2.75) is 44.2 Å². The standard InChI is InChI=1S/C25H28N2O6/c1-15-3-6-17(25-24(30)21(29)13-20(14-28)33-25)12-18(15)11-16-4-7-19(8-5-16)32-23-10-9-22(31-2)26-27-23/h3-10,12,20-21,24-25,28-30H,11,13-14H2,1-2H3/t20-,21-,24+,25-/m0/s1. The Balaban J connectivity index is 1.47. The molecule has 8 heteroatoms.